The number of anilines is 1. The van der Waals surface area contributed by atoms with Gasteiger partial charge in [-0.25, -0.2) is 4.98 Å². The average molecular weight is 375 g/mol. The second-order valence-electron chi connectivity index (χ2n) is 6.20. The molecule has 3 rings (SSSR count). The first-order valence-electron chi connectivity index (χ1n) is 8.00. The summed E-state index contributed by atoms with van der Waals surface area (Å²) in [6.07, 6.45) is 1.77. The molecule has 0 aliphatic heterocycles. The molecule has 0 radical (unpaired) electrons. The lowest BCUT2D eigenvalue weighted by Gasteiger charge is -2.07. The van der Waals surface area contributed by atoms with Gasteiger partial charge in [-0.2, -0.15) is 5.10 Å². The van der Waals surface area contributed by atoms with Crippen LogP contribution in [0.15, 0.2) is 35.8 Å². The molecule has 0 fully saturated rings. The Morgan fingerprint density at radius 2 is 2.04 bits per heavy atom. The molecule has 0 bridgehead atoms. The van der Waals surface area contributed by atoms with Crippen LogP contribution in [0.3, 0.4) is 0 Å². The Morgan fingerprint density at radius 1 is 1.32 bits per heavy atom. The molecule has 0 aliphatic carbocycles. The highest BCUT2D eigenvalue weighted by molar-refractivity contribution is 7.13. The van der Waals surface area contributed by atoms with Crippen molar-refractivity contribution in [3.63, 3.8) is 0 Å². The quantitative estimate of drug-likeness (QED) is 0.692. The van der Waals surface area contributed by atoms with Gasteiger partial charge in [0.15, 0.2) is 0 Å². The summed E-state index contributed by atoms with van der Waals surface area (Å²) in [4.78, 5) is 16.9. The fraction of sp³-hybridized carbons (Fsp3) is 0.278. The highest BCUT2D eigenvalue weighted by Crippen LogP contribution is 2.25. The van der Waals surface area contributed by atoms with Gasteiger partial charge in [0.05, 0.1) is 11.3 Å². The van der Waals surface area contributed by atoms with E-state index in [-0.39, 0.29) is 5.91 Å². The minimum atomic E-state index is -0.250. The average Bonchev–Trinajstić information content (AvgIpc) is 3.17. The number of nitrogens with one attached hydrogen (secondary N) is 1. The van der Waals surface area contributed by atoms with E-state index in [0.29, 0.717) is 34.6 Å². The number of halogens is 1. The van der Waals surface area contributed by atoms with Gasteiger partial charge in [-0.3, -0.25) is 9.48 Å². The van der Waals surface area contributed by atoms with Crippen LogP contribution in [0.25, 0.3) is 10.6 Å². The lowest BCUT2D eigenvalue weighted by Crippen LogP contribution is -2.13. The van der Waals surface area contributed by atoms with E-state index in [1.54, 1.807) is 29.1 Å². The second kappa shape index (κ2) is 7.37. The molecule has 2 heterocycles. The first-order chi connectivity index (χ1) is 12.0. The fourth-order valence-electron chi connectivity index (χ4n) is 2.53. The van der Waals surface area contributed by atoms with E-state index in [9.17, 15) is 4.79 Å². The molecule has 0 unspecified atom stereocenters. The van der Waals surface area contributed by atoms with Gasteiger partial charge in [0.1, 0.15) is 10.2 Å². The number of thiazole rings is 1. The molecule has 0 saturated carbocycles. The molecule has 7 heteroatoms. The molecule has 0 saturated heterocycles. The molecule has 3 aromatic rings. The Labute approximate surface area is 155 Å². The van der Waals surface area contributed by atoms with Gasteiger partial charge in [0, 0.05) is 29.4 Å². The van der Waals surface area contributed by atoms with Crippen molar-refractivity contribution in [1.29, 1.82) is 0 Å². The summed E-state index contributed by atoms with van der Waals surface area (Å²) in [5, 5.41) is 10.5. The van der Waals surface area contributed by atoms with Crippen molar-refractivity contribution in [2.45, 2.75) is 27.3 Å². The van der Waals surface area contributed by atoms with Gasteiger partial charge in [0.25, 0.3) is 5.91 Å². The van der Waals surface area contributed by atoms with Crippen LogP contribution in [-0.2, 0) is 6.54 Å². The van der Waals surface area contributed by atoms with Crippen LogP contribution >= 0.6 is 22.9 Å². The molecular formula is C18H19ClN4OS. The number of carbonyl (C=O) groups excluding carboxylic acids is 1. The van der Waals surface area contributed by atoms with Gasteiger partial charge in [-0.05, 0) is 37.1 Å². The van der Waals surface area contributed by atoms with Gasteiger partial charge < -0.3 is 5.32 Å². The lowest BCUT2D eigenvalue weighted by molar-refractivity contribution is 0.102. The largest absolute Gasteiger partial charge is 0.322 e. The number of nitrogens with zero attached hydrogens (tertiary/aromatic N) is 3. The highest BCUT2D eigenvalue weighted by atomic mass is 35.5. The summed E-state index contributed by atoms with van der Waals surface area (Å²) in [6, 6.07) is 7.59. The van der Waals surface area contributed by atoms with Crippen molar-refractivity contribution >= 4 is 34.5 Å². The third-order valence-electron chi connectivity index (χ3n) is 3.65. The zero-order valence-electron chi connectivity index (χ0n) is 14.3. The molecule has 25 heavy (non-hydrogen) atoms. The van der Waals surface area contributed by atoms with E-state index in [2.05, 4.69) is 29.2 Å². The van der Waals surface area contributed by atoms with Crippen molar-refractivity contribution in [2.75, 3.05) is 5.32 Å². The number of hydrogen-bond donors (Lipinski definition) is 1. The number of carbonyl (C=O) groups is 1. The van der Waals surface area contributed by atoms with Gasteiger partial charge in [0.2, 0.25) is 0 Å². The summed E-state index contributed by atoms with van der Waals surface area (Å²) in [7, 11) is 0. The molecule has 5 nitrogen and oxygen atoms in total. The molecule has 0 spiro atoms. The molecular weight excluding hydrogens is 356 g/mol. The number of rotatable bonds is 5. The van der Waals surface area contributed by atoms with E-state index in [4.69, 9.17) is 11.6 Å². The molecule has 1 amide bonds. The van der Waals surface area contributed by atoms with E-state index in [1.165, 1.54) is 0 Å². The second-order valence-corrected chi connectivity index (χ2v) is 7.45. The van der Waals surface area contributed by atoms with Crippen molar-refractivity contribution in [1.82, 2.24) is 14.8 Å². The summed E-state index contributed by atoms with van der Waals surface area (Å²) in [6.45, 7) is 6.63. The number of benzene rings is 1. The predicted molar refractivity (Wildman–Crippen MR) is 102 cm³/mol. The molecule has 1 N–H and O–H groups in total. The third-order valence-corrected chi connectivity index (χ3v) is 4.86. The number of hydrogen-bond acceptors (Lipinski definition) is 4. The molecule has 2 aromatic heterocycles. The monoisotopic (exact) mass is 374 g/mol. The van der Waals surface area contributed by atoms with Crippen molar-refractivity contribution in [3.8, 4) is 10.6 Å². The van der Waals surface area contributed by atoms with Crippen LogP contribution in [-0.4, -0.2) is 20.7 Å². The van der Waals surface area contributed by atoms with Gasteiger partial charge in [-0.1, -0.05) is 25.4 Å². The number of aryl methyl sites for hydroxylation is 1. The van der Waals surface area contributed by atoms with Crippen LogP contribution in [0.4, 0.5) is 5.69 Å². The van der Waals surface area contributed by atoms with Gasteiger partial charge >= 0.3 is 0 Å². The number of aromatic nitrogens is 3. The SMILES string of the molecule is Cc1nn(CC(C)C)c(Cl)c1C(=O)Nc1ccc(-c2nccs2)cc1. The van der Waals surface area contributed by atoms with Crippen molar-refractivity contribution < 1.29 is 4.79 Å². The van der Waals surface area contributed by atoms with Crippen LogP contribution in [0.5, 0.6) is 0 Å². The van der Waals surface area contributed by atoms with Crippen LogP contribution < -0.4 is 5.32 Å². The first-order valence-corrected chi connectivity index (χ1v) is 9.25. The maximum absolute atomic E-state index is 12.6. The van der Waals surface area contributed by atoms with Crippen molar-refractivity contribution in [3.05, 3.63) is 52.3 Å². The van der Waals surface area contributed by atoms with Crippen molar-refractivity contribution in [2.24, 2.45) is 5.92 Å². The highest BCUT2D eigenvalue weighted by Gasteiger charge is 2.20. The topological polar surface area (TPSA) is 59.8 Å². The fourth-order valence-corrected chi connectivity index (χ4v) is 3.51. The Bertz CT molecular complexity index is 869. The summed E-state index contributed by atoms with van der Waals surface area (Å²) >= 11 is 7.94. The normalized spacial score (nSPS) is 11.1. The Kier molecular flexibility index (Phi) is 5.20. The summed E-state index contributed by atoms with van der Waals surface area (Å²) < 4.78 is 1.68. The maximum Gasteiger partial charge on any atom is 0.260 e. The summed E-state index contributed by atoms with van der Waals surface area (Å²) in [5.74, 6) is 0.144. The first kappa shape index (κ1) is 17.6. The lowest BCUT2D eigenvalue weighted by atomic mass is 10.2. The minimum absolute atomic E-state index is 0.250. The van der Waals surface area contributed by atoms with E-state index in [0.717, 1.165) is 10.6 Å². The standard InChI is InChI=1S/C18H19ClN4OS/c1-11(2)10-23-16(19)15(12(3)22-23)17(24)21-14-6-4-13(5-7-14)18-20-8-9-25-18/h4-9,11H,10H2,1-3H3,(H,21,24). The zero-order chi connectivity index (χ0) is 18.0. The van der Waals surface area contributed by atoms with E-state index >= 15 is 0 Å². The maximum atomic E-state index is 12.6. The van der Waals surface area contributed by atoms with E-state index in [1.807, 2.05) is 29.6 Å². The molecule has 0 atom stereocenters. The molecule has 0 aliphatic rings. The van der Waals surface area contributed by atoms with Crippen LogP contribution in [0, 0.1) is 12.8 Å². The predicted octanol–water partition coefficient (Wildman–Crippen LogP) is 4.88. The van der Waals surface area contributed by atoms with Crippen LogP contribution in [0.2, 0.25) is 5.15 Å². The zero-order valence-corrected chi connectivity index (χ0v) is 15.9. The van der Waals surface area contributed by atoms with Crippen LogP contribution in [0.1, 0.15) is 29.9 Å². The molecule has 130 valence electrons. The summed E-state index contributed by atoms with van der Waals surface area (Å²) in [5.41, 5.74) is 2.78. The Balaban J connectivity index is 1.77. The number of amides is 1. The molecule has 1 aromatic carbocycles. The van der Waals surface area contributed by atoms with E-state index < -0.39 is 0 Å². The van der Waals surface area contributed by atoms with Gasteiger partial charge in [-0.15, -0.1) is 11.3 Å². The third kappa shape index (κ3) is 3.91. The Hall–Kier alpha value is -2.18. The Morgan fingerprint density at radius 3 is 2.64 bits per heavy atom. The smallest absolute Gasteiger partial charge is 0.260 e. The minimum Gasteiger partial charge on any atom is -0.322 e.